The van der Waals surface area contributed by atoms with E-state index in [1.54, 1.807) is 0 Å². The smallest absolute Gasteiger partial charge is 0.165 e. The van der Waals surface area contributed by atoms with E-state index in [1.165, 1.54) is 0 Å². The van der Waals surface area contributed by atoms with Crippen molar-refractivity contribution in [2.24, 2.45) is 0 Å². The van der Waals surface area contributed by atoms with Crippen LogP contribution in [0, 0.1) is 0 Å². The molecular weight excluding hydrogens is 246 g/mol. The molecule has 0 amide bonds. The van der Waals surface area contributed by atoms with Crippen LogP contribution in [-0.2, 0) is 13.1 Å². The first-order chi connectivity index (χ1) is 8.56. The molecule has 1 aromatic heterocycles. The molecule has 1 heterocycles. The maximum absolute atomic E-state index is 4.13. The lowest BCUT2D eigenvalue weighted by Gasteiger charge is -2.29. The minimum absolute atomic E-state index is 0.238. The third kappa shape index (κ3) is 3.95. The van der Waals surface area contributed by atoms with Crippen molar-refractivity contribution < 1.29 is 0 Å². The number of hydrogen-bond donors (Lipinski definition) is 1. The molecular formula is C12H25N5S. The van der Waals surface area contributed by atoms with Crippen LogP contribution in [0.1, 0.15) is 46.4 Å². The quantitative estimate of drug-likeness (QED) is 0.784. The molecule has 0 spiro atoms. The number of rotatable bonds is 8. The lowest BCUT2D eigenvalue weighted by molar-refractivity contribution is 0.415. The molecule has 0 aliphatic rings. The van der Waals surface area contributed by atoms with Crippen LogP contribution in [0.5, 0.6) is 0 Å². The Bertz CT molecular complexity index is 338. The van der Waals surface area contributed by atoms with Gasteiger partial charge in [-0.2, -0.15) is 11.8 Å². The van der Waals surface area contributed by atoms with Gasteiger partial charge in [0.05, 0.1) is 13.1 Å². The molecule has 0 saturated heterocycles. The summed E-state index contributed by atoms with van der Waals surface area (Å²) >= 11 is 1.91. The molecule has 0 saturated carbocycles. The van der Waals surface area contributed by atoms with Crippen molar-refractivity contribution in [1.29, 1.82) is 0 Å². The van der Waals surface area contributed by atoms with Gasteiger partial charge in [-0.15, -0.1) is 5.10 Å². The van der Waals surface area contributed by atoms with Crippen LogP contribution in [0.3, 0.4) is 0 Å². The van der Waals surface area contributed by atoms with Gasteiger partial charge in [-0.1, -0.05) is 27.7 Å². The van der Waals surface area contributed by atoms with Gasteiger partial charge < -0.3 is 5.32 Å². The van der Waals surface area contributed by atoms with E-state index in [-0.39, 0.29) is 4.75 Å². The first-order valence-electron chi connectivity index (χ1n) is 6.60. The zero-order valence-corrected chi connectivity index (χ0v) is 12.9. The molecule has 0 radical (unpaired) electrons. The summed E-state index contributed by atoms with van der Waals surface area (Å²) in [5, 5.41) is 15.4. The van der Waals surface area contributed by atoms with E-state index in [2.05, 4.69) is 54.8 Å². The fourth-order valence-electron chi connectivity index (χ4n) is 1.87. The van der Waals surface area contributed by atoms with E-state index in [1.807, 2.05) is 16.4 Å². The lowest BCUT2D eigenvalue weighted by Crippen LogP contribution is -2.32. The summed E-state index contributed by atoms with van der Waals surface area (Å²) < 4.78 is 2.18. The molecule has 6 heteroatoms. The monoisotopic (exact) mass is 271 g/mol. The van der Waals surface area contributed by atoms with Crippen LogP contribution in [0.4, 0.5) is 0 Å². The Hall–Kier alpha value is -0.620. The Morgan fingerprint density at radius 3 is 2.50 bits per heavy atom. The number of thioether (sulfide) groups is 1. The highest BCUT2D eigenvalue weighted by Crippen LogP contribution is 2.32. The minimum atomic E-state index is 0.238. The topological polar surface area (TPSA) is 55.6 Å². The van der Waals surface area contributed by atoms with Crippen LogP contribution in [0.15, 0.2) is 0 Å². The van der Waals surface area contributed by atoms with Gasteiger partial charge >= 0.3 is 0 Å². The second-order valence-corrected chi connectivity index (χ2v) is 6.16. The van der Waals surface area contributed by atoms with Crippen LogP contribution in [-0.4, -0.2) is 37.3 Å². The average Bonchev–Trinajstić information content (AvgIpc) is 2.80. The van der Waals surface area contributed by atoms with Crippen molar-refractivity contribution in [3.8, 4) is 0 Å². The normalized spacial score (nSPS) is 12.3. The van der Waals surface area contributed by atoms with Crippen LogP contribution in [0.25, 0.3) is 0 Å². The summed E-state index contributed by atoms with van der Waals surface area (Å²) in [5.41, 5.74) is 0. The molecule has 0 aliphatic heterocycles. The zero-order valence-electron chi connectivity index (χ0n) is 12.1. The van der Waals surface area contributed by atoms with Crippen LogP contribution >= 0.6 is 11.8 Å². The van der Waals surface area contributed by atoms with Crippen molar-refractivity contribution in [3.63, 3.8) is 0 Å². The molecule has 1 rings (SSSR count). The largest absolute Gasteiger partial charge is 0.308 e. The van der Waals surface area contributed by atoms with Gasteiger partial charge in [0.25, 0.3) is 0 Å². The van der Waals surface area contributed by atoms with E-state index < -0.39 is 0 Å². The number of aromatic nitrogens is 4. The fourth-order valence-corrected chi connectivity index (χ4v) is 2.70. The first-order valence-corrected chi connectivity index (χ1v) is 7.83. The predicted molar refractivity (Wildman–Crippen MR) is 76.6 cm³/mol. The molecule has 1 aromatic rings. The second-order valence-electron chi connectivity index (χ2n) is 4.88. The zero-order chi connectivity index (χ0) is 13.6. The number of nitrogens with one attached hydrogen (secondary N) is 1. The maximum Gasteiger partial charge on any atom is 0.165 e. The molecule has 0 aliphatic carbocycles. The van der Waals surface area contributed by atoms with Gasteiger partial charge in [-0.25, -0.2) is 4.68 Å². The Balaban J connectivity index is 2.74. The van der Waals surface area contributed by atoms with Gasteiger partial charge in [0.2, 0.25) is 0 Å². The van der Waals surface area contributed by atoms with Crippen molar-refractivity contribution in [1.82, 2.24) is 25.5 Å². The van der Waals surface area contributed by atoms with Crippen molar-refractivity contribution >= 4 is 11.8 Å². The van der Waals surface area contributed by atoms with Crippen molar-refractivity contribution in [3.05, 3.63) is 5.82 Å². The summed E-state index contributed by atoms with van der Waals surface area (Å²) in [6.07, 6.45) is 4.42. The third-order valence-corrected chi connectivity index (χ3v) is 5.01. The Labute approximate surface area is 114 Å². The molecule has 0 aromatic carbocycles. The number of tetrazole rings is 1. The van der Waals surface area contributed by atoms with E-state index in [9.17, 15) is 0 Å². The maximum atomic E-state index is 4.13. The predicted octanol–water partition coefficient (Wildman–Crippen LogP) is 2.09. The van der Waals surface area contributed by atoms with E-state index in [0.717, 1.165) is 31.8 Å². The second kappa shape index (κ2) is 7.09. The van der Waals surface area contributed by atoms with Gasteiger partial charge in [0.1, 0.15) is 0 Å². The highest BCUT2D eigenvalue weighted by molar-refractivity contribution is 8.00. The SMILES string of the molecule is CCC(CC)(Cn1nnnc1CNC(C)C)SC. The summed E-state index contributed by atoms with van der Waals surface area (Å²) in [4.78, 5) is 0. The Kier molecular flexibility index (Phi) is 6.08. The molecule has 0 unspecified atom stereocenters. The lowest BCUT2D eigenvalue weighted by atomic mass is 10.0. The van der Waals surface area contributed by atoms with Crippen molar-refractivity contribution in [2.45, 2.75) is 64.4 Å². The summed E-state index contributed by atoms with van der Waals surface area (Å²) in [7, 11) is 0. The molecule has 104 valence electrons. The van der Waals surface area contributed by atoms with Gasteiger partial charge in [-0.05, 0) is 29.5 Å². The summed E-state index contributed by atoms with van der Waals surface area (Å²) in [6.45, 7) is 10.3. The molecule has 18 heavy (non-hydrogen) atoms. The first kappa shape index (κ1) is 15.4. The van der Waals surface area contributed by atoms with Gasteiger partial charge in [0.15, 0.2) is 5.82 Å². The summed E-state index contributed by atoms with van der Waals surface area (Å²) in [6, 6.07) is 0.442. The molecule has 5 nitrogen and oxygen atoms in total. The summed E-state index contributed by atoms with van der Waals surface area (Å²) in [5.74, 6) is 0.920. The van der Waals surface area contributed by atoms with E-state index >= 15 is 0 Å². The third-order valence-electron chi connectivity index (χ3n) is 3.43. The number of hydrogen-bond acceptors (Lipinski definition) is 5. The average molecular weight is 271 g/mol. The van der Waals surface area contributed by atoms with E-state index in [0.29, 0.717) is 6.04 Å². The molecule has 0 atom stereocenters. The van der Waals surface area contributed by atoms with Crippen molar-refractivity contribution in [2.75, 3.05) is 6.26 Å². The molecule has 0 bridgehead atoms. The van der Waals surface area contributed by atoms with Crippen LogP contribution < -0.4 is 5.32 Å². The standard InChI is InChI=1S/C12H25N5S/c1-6-12(7-2,18-5)9-17-11(14-15-16-17)8-13-10(3)4/h10,13H,6-9H2,1-5H3. The van der Waals surface area contributed by atoms with Gasteiger partial charge in [-0.3, -0.25) is 0 Å². The highest BCUT2D eigenvalue weighted by atomic mass is 32.2. The fraction of sp³-hybridized carbons (Fsp3) is 0.917. The number of nitrogens with zero attached hydrogens (tertiary/aromatic N) is 4. The van der Waals surface area contributed by atoms with Crippen LogP contribution in [0.2, 0.25) is 0 Å². The Morgan fingerprint density at radius 1 is 1.33 bits per heavy atom. The highest BCUT2D eigenvalue weighted by Gasteiger charge is 2.27. The minimum Gasteiger partial charge on any atom is -0.308 e. The van der Waals surface area contributed by atoms with Gasteiger partial charge in [0, 0.05) is 10.8 Å². The molecule has 0 fully saturated rings. The molecule has 1 N–H and O–H groups in total. The van der Waals surface area contributed by atoms with E-state index in [4.69, 9.17) is 0 Å². The Morgan fingerprint density at radius 2 is 2.00 bits per heavy atom.